The van der Waals surface area contributed by atoms with Crippen molar-refractivity contribution in [3.8, 4) is 17.1 Å². The van der Waals surface area contributed by atoms with Crippen molar-refractivity contribution in [2.75, 3.05) is 20.2 Å². The van der Waals surface area contributed by atoms with Crippen molar-refractivity contribution in [3.63, 3.8) is 0 Å². The van der Waals surface area contributed by atoms with E-state index < -0.39 is 16.0 Å². The zero-order valence-corrected chi connectivity index (χ0v) is 19.3. The van der Waals surface area contributed by atoms with Crippen LogP contribution in [-0.4, -0.2) is 49.0 Å². The molecule has 0 fully saturated rings. The molecule has 9 nitrogen and oxygen atoms in total. The second-order valence-corrected chi connectivity index (χ2v) is 8.86. The third kappa shape index (κ3) is 5.09. The van der Waals surface area contributed by atoms with E-state index in [1.165, 1.54) is 22.5 Å². The Kier molecular flexibility index (Phi) is 7.49. The van der Waals surface area contributed by atoms with Gasteiger partial charge in [-0.1, -0.05) is 30.6 Å². The number of hydrogen-bond donors (Lipinski definition) is 0. The van der Waals surface area contributed by atoms with E-state index in [0.29, 0.717) is 17.1 Å². The van der Waals surface area contributed by atoms with Crippen LogP contribution in [0.4, 0.5) is 0 Å². The summed E-state index contributed by atoms with van der Waals surface area (Å²) >= 11 is 6.10. The first kappa shape index (κ1) is 23.7. The zero-order chi connectivity index (χ0) is 23.3. The van der Waals surface area contributed by atoms with Crippen LogP contribution in [0.5, 0.6) is 5.75 Å². The monoisotopic (exact) mass is 479 g/mol. The minimum Gasteiger partial charge on any atom is -0.497 e. The smallest absolute Gasteiger partial charge is 0.338 e. The van der Waals surface area contributed by atoms with Crippen LogP contribution in [0, 0.1) is 0 Å². The summed E-state index contributed by atoms with van der Waals surface area (Å²) in [5, 5.41) is 3.89. The lowest BCUT2D eigenvalue weighted by atomic mass is 10.2. The Morgan fingerprint density at radius 1 is 1.12 bits per heavy atom. The molecular formula is C21H22ClN3O6S. The van der Waals surface area contributed by atoms with E-state index in [1.54, 1.807) is 45.2 Å². The molecule has 0 saturated heterocycles. The molecule has 0 N–H and O–H groups in total. The molecule has 0 atom stereocenters. The van der Waals surface area contributed by atoms with Crippen LogP contribution in [0.2, 0.25) is 5.02 Å². The molecular weight excluding hydrogens is 458 g/mol. The van der Waals surface area contributed by atoms with Gasteiger partial charge < -0.3 is 14.0 Å². The Morgan fingerprint density at radius 2 is 1.81 bits per heavy atom. The highest BCUT2D eigenvalue weighted by Crippen LogP contribution is 2.26. The van der Waals surface area contributed by atoms with Gasteiger partial charge in [-0.3, -0.25) is 0 Å². The molecule has 1 heterocycles. The van der Waals surface area contributed by atoms with Gasteiger partial charge in [0, 0.05) is 18.7 Å². The average molecular weight is 480 g/mol. The molecule has 0 aliphatic rings. The number of methoxy groups -OCH3 is 1. The predicted molar refractivity (Wildman–Crippen MR) is 117 cm³/mol. The standard InChI is InChI=1S/C21H22ClN3O6S/c1-4-25(5-2)32(27,28)18-12-15(8-11-17(18)22)21(26)30-13-19-23-20(24-31-19)14-6-9-16(29-3)10-7-14/h6-12H,4-5,13H2,1-3H3. The quantitative estimate of drug-likeness (QED) is 0.426. The van der Waals surface area contributed by atoms with Crippen molar-refractivity contribution in [2.24, 2.45) is 0 Å². The summed E-state index contributed by atoms with van der Waals surface area (Å²) in [6.07, 6.45) is 0. The lowest BCUT2D eigenvalue weighted by molar-refractivity contribution is 0.0429. The largest absolute Gasteiger partial charge is 0.497 e. The molecule has 0 radical (unpaired) electrons. The van der Waals surface area contributed by atoms with Crippen LogP contribution in [-0.2, 0) is 21.4 Å². The van der Waals surface area contributed by atoms with Crippen molar-refractivity contribution in [1.82, 2.24) is 14.4 Å². The van der Waals surface area contributed by atoms with Gasteiger partial charge in [-0.25, -0.2) is 13.2 Å². The van der Waals surface area contributed by atoms with Crippen molar-refractivity contribution in [3.05, 3.63) is 58.9 Å². The van der Waals surface area contributed by atoms with Gasteiger partial charge in [-0.2, -0.15) is 9.29 Å². The summed E-state index contributed by atoms with van der Waals surface area (Å²) in [4.78, 5) is 16.5. The summed E-state index contributed by atoms with van der Waals surface area (Å²) in [7, 11) is -2.28. The normalized spacial score (nSPS) is 11.5. The molecule has 0 amide bonds. The van der Waals surface area contributed by atoms with Gasteiger partial charge in [0.05, 0.1) is 17.7 Å². The lowest BCUT2D eigenvalue weighted by Crippen LogP contribution is -2.31. The van der Waals surface area contributed by atoms with Gasteiger partial charge in [0.1, 0.15) is 10.6 Å². The number of benzene rings is 2. The third-order valence-corrected chi connectivity index (χ3v) is 7.16. The van der Waals surface area contributed by atoms with Gasteiger partial charge in [0.2, 0.25) is 15.8 Å². The van der Waals surface area contributed by atoms with Gasteiger partial charge in [0.15, 0.2) is 6.61 Å². The van der Waals surface area contributed by atoms with Crippen LogP contribution in [0.25, 0.3) is 11.4 Å². The maximum Gasteiger partial charge on any atom is 0.338 e. The number of nitrogens with zero attached hydrogens (tertiary/aromatic N) is 3. The van der Waals surface area contributed by atoms with E-state index in [0.717, 1.165) is 0 Å². The molecule has 170 valence electrons. The first-order chi connectivity index (χ1) is 15.3. The van der Waals surface area contributed by atoms with Gasteiger partial charge >= 0.3 is 5.97 Å². The van der Waals surface area contributed by atoms with Crippen LogP contribution in [0.15, 0.2) is 51.9 Å². The number of rotatable bonds is 9. The second kappa shape index (κ2) is 10.1. The molecule has 0 aliphatic carbocycles. The van der Waals surface area contributed by atoms with Crippen LogP contribution < -0.4 is 4.74 Å². The van der Waals surface area contributed by atoms with E-state index in [9.17, 15) is 13.2 Å². The first-order valence-corrected chi connectivity index (χ1v) is 11.6. The molecule has 0 spiro atoms. The predicted octanol–water partition coefficient (Wildman–Crippen LogP) is 3.79. The summed E-state index contributed by atoms with van der Waals surface area (Å²) in [5.74, 6) is 0.366. The molecule has 3 aromatic rings. The first-order valence-electron chi connectivity index (χ1n) is 9.74. The Balaban J connectivity index is 1.72. The number of hydrogen-bond acceptors (Lipinski definition) is 8. The SMILES string of the molecule is CCN(CC)S(=O)(=O)c1cc(C(=O)OCc2nc(-c3ccc(OC)cc3)no2)ccc1Cl. The maximum atomic E-state index is 12.8. The molecule has 0 bridgehead atoms. The van der Waals surface area contributed by atoms with E-state index in [4.69, 9.17) is 25.6 Å². The van der Waals surface area contributed by atoms with Crippen molar-refractivity contribution in [1.29, 1.82) is 0 Å². The molecule has 32 heavy (non-hydrogen) atoms. The van der Waals surface area contributed by atoms with Gasteiger partial charge in [-0.05, 0) is 42.5 Å². The van der Waals surface area contributed by atoms with Crippen molar-refractivity contribution < 1.29 is 27.2 Å². The third-order valence-electron chi connectivity index (χ3n) is 4.63. The molecule has 0 unspecified atom stereocenters. The van der Waals surface area contributed by atoms with Crippen LogP contribution >= 0.6 is 11.6 Å². The topological polar surface area (TPSA) is 112 Å². The summed E-state index contributed by atoms with van der Waals surface area (Å²) < 4.78 is 42.3. The number of esters is 1. The number of sulfonamides is 1. The fourth-order valence-corrected chi connectivity index (χ4v) is 4.87. The highest BCUT2D eigenvalue weighted by atomic mass is 35.5. The van der Waals surface area contributed by atoms with Crippen molar-refractivity contribution in [2.45, 2.75) is 25.3 Å². The maximum absolute atomic E-state index is 12.8. The summed E-state index contributed by atoms with van der Waals surface area (Å²) in [6, 6.07) is 11.0. The number of ether oxygens (including phenoxy) is 2. The number of carbonyl (C=O) groups is 1. The summed E-state index contributed by atoms with van der Waals surface area (Å²) in [5.41, 5.74) is 0.742. The fraction of sp³-hybridized carbons (Fsp3) is 0.286. The van der Waals surface area contributed by atoms with Crippen molar-refractivity contribution >= 4 is 27.6 Å². The molecule has 11 heteroatoms. The zero-order valence-electron chi connectivity index (χ0n) is 17.7. The molecule has 1 aromatic heterocycles. The number of halogens is 1. The molecule has 0 saturated carbocycles. The lowest BCUT2D eigenvalue weighted by Gasteiger charge is -2.19. The van der Waals surface area contributed by atoms with Gasteiger partial charge in [-0.15, -0.1) is 0 Å². The van der Waals surface area contributed by atoms with Crippen LogP contribution in [0.3, 0.4) is 0 Å². The summed E-state index contributed by atoms with van der Waals surface area (Å²) in [6.45, 7) is 3.72. The minimum atomic E-state index is -3.84. The highest BCUT2D eigenvalue weighted by Gasteiger charge is 2.26. The Hall–Kier alpha value is -2.95. The minimum absolute atomic E-state index is 0.0227. The fourth-order valence-electron chi connectivity index (χ4n) is 2.91. The molecule has 0 aliphatic heterocycles. The number of aromatic nitrogens is 2. The van der Waals surface area contributed by atoms with E-state index >= 15 is 0 Å². The van der Waals surface area contributed by atoms with E-state index in [-0.39, 0.29) is 41.1 Å². The molecule has 3 rings (SSSR count). The number of carbonyl (C=O) groups excluding carboxylic acids is 1. The van der Waals surface area contributed by atoms with E-state index in [1.807, 2.05) is 0 Å². The average Bonchev–Trinajstić information content (AvgIpc) is 3.27. The molecule has 2 aromatic carbocycles. The Morgan fingerprint density at radius 3 is 2.44 bits per heavy atom. The Labute approximate surface area is 190 Å². The van der Waals surface area contributed by atoms with Crippen LogP contribution in [0.1, 0.15) is 30.1 Å². The van der Waals surface area contributed by atoms with Gasteiger partial charge in [0.25, 0.3) is 5.89 Å². The highest BCUT2D eigenvalue weighted by molar-refractivity contribution is 7.89. The second-order valence-electron chi connectivity index (χ2n) is 6.55. The Bertz CT molecular complexity index is 1190. The van der Waals surface area contributed by atoms with E-state index in [2.05, 4.69) is 10.1 Å².